The van der Waals surface area contributed by atoms with Crippen molar-refractivity contribution in [2.24, 2.45) is 5.73 Å². The van der Waals surface area contributed by atoms with Crippen molar-refractivity contribution in [1.29, 1.82) is 0 Å². The second-order valence-electron chi connectivity index (χ2n) is 3.94. The molecule has 1 amide bonds. The van der Waals surface area contributed by atoms with Gasteiger partial charge in [0.05, 0.1) is 5.69 Å². The predicted octanol–water partition coefficient (Wildman–Crippen LogP) is 1.61. The van der Waals surface area contributed by atoms with Crippen LogP contribution in [0.25, 0.3) is 5.82 Å². The van der Waals surface area contributed by atoms with Gasteiger partial charge in [0.1, 0.15) is 17.8 Å². The standard InChI is InChI=1S/C11H8F3N3O4/c1-5-4-20-10(19)17(5)8-3-6(21-9(15)18)2-7(16-8)11(12,13)14/h2-4H,1H3,(H2,15,18). The lowest BCUT2D eigenvalue weighted by Gasteiger charge is -2.11. The number of nitrogens with two attached hydrogens (primary N) is 1. The number of nitrogens with zero attached hydrogens (tertiary/aromatic N) is 2. The first-order valence-electron chi connectivity index (χ1n) is 5.42. The predicted molar refractivity (Wildman–Crippen MR) is 62.1 cm³/mol. The molecule has 0 saturated heterocycles. The molecule has 2 heterocycles. The molecule has 112 valence electrons. The fourth-order valence-corrected chi connectivity index (χ4v) is 1.59. The molecular weight excluding hydrogens is 295 g/mol. The molecule has 0 atom stereocenters. The van der Waals surface area contributed by atoms with Crippen LogP contribution in [0.2, 0.25) is 0 Å². The number of hydrogen-bond donors (Lipinski definition) is 1. The van der Waals surface area contributed by atoms with E-state index in [4.69, 9.17) is 5.73 Å². The highest BCUT2D eigenvalue weighted by atomic mass is 19.4. The summed E-state index contributed by atoms with van der Waals surface area (Å²) in [5, 5.41) is 0. The van der Waals surface area contributed by atoms with Gasteiger partial charge in [0.15, 0.2) is 5.69 Å². The number of pyridine rings is 1. The summed E-state index contributed by atoms with van der Waals surface area (Å²) < 4.78 is 48.1. The van der Waals surface area contributed by atoms with Crippen molar-refractivity contribution < 1.29 is 27.1 Å². The molecule has 0 aliphatic rings. The molecule has 2 aromatic heterocycles. The number of carbonyl (C=O) groups is 1. The van der Waals surface area contributed by atoms with Gasteiger partial charge in [0.25, 0.3) is 0 Å². The number of hydrogen-bond acceptors (Lipinski definition) is 5. The van der Waals surface area contributed by atoms with Crippen LogP contribution in [0, 0.1) is 6.92 Å². The van der Waals surface area contributed by atoms with Crippen molar-refractivity contribution in [1.82, 2.24) is 9.55 Å². The van der Waals surface area contributed by atoms with Crippen LogP contribution < -0.4 is 16.2 Å². The lowest BCUT2D eigenvalue weighted by molar-refractivity contribution is -0.141. The molecule has 0 aromatic carbocycles. The number of carbonyl (C=O) groups excluding carboxylic acids is 1. The van der Waals surface area contributed by atoms with E-state index >= 15 is 0 Å². The molecule has 0 saturated carbocycles. The normalized spacial score (nSPS) is 11.4. The van der Waals surface area contributed by atoms with Crippen LogP contribution >= 0.6 is 0 Å². The number of ether oxygens (including phenoxy) is 1. The van der Waals surface area contributed by atoms with Crippen LogP contribution in [0.15, 0.2) is 27.6 Å². The summed E-state index contributed by atoms with van der Waals surface area (Å²) in [6, 6.07) is 1.46. The molecule has 0 fully saturated rings. The topological polar surface area (TPSA) is 100 Å². The third kappa shape index (κ3) is 3.04. The Kier molecular flexibility index (Phi) is 3.45. The zero-order chi connectivity index (χ0) is 15.8. The molecule has 2 rings (SSSR count). The number of halogens is 3. The number of aromatic nitrogens is 2. The highest BCUT2D eigenvalue weighted by Gasteiger charge is 2.34. The molecular formula is C11H8F3N3O4. The Balaban J connectivity index is 2.66. The van der Waals surface area contributed by atoms with Gasteiger partial charge in [0, 0.05) is 12.1 Å². The minimum atomic E-state index is -4.80. The van der Waals surface area contributed by atoms with Gasteiger partial charge >= 0.3 is 18.0 Å². The zero-order valence-corrected chi connectivity index (χ0v) is 10.5. The molecule has 10 heteroatoms. The Labute approximate surface area is 114 Å². The van der Waals surface area contributed by atoms with Gasteiger partial charge in [-0.25, -0.2) is 19.1 Å². The summed E-state index contributed by atoms with van der Waals surface area (Å²) in [4.78, 5) is 25.5. The summed E-state index contributed by atoms with van der Waals surface area (Å²) >= 11 is 0. The van der Waals surface area contributed by atoms with E-state index in [1.54, 1.807) is 0 Å². The molecule has 0 spiro atoms. The van der Waals surface area contributed by atoms with Gasteiger partial charge < -0.3 is 14.9 Å². The summed E-state index contributed by atoms with van der Waals surface area (Å²) in [6.45, 7) is 1.43. The van der Waals surface area contributed by atoms with Gasteiger partial charge in [-0.05, 0) is 6.92 Å². The SMILES string of the molecule is Cc1coc(=O)n1-c1cc(OC(N)=O)cc(C(F)(F)F)n1. The molecule has 2 aromatic rings. The van der Waals surface area contributed by atoms with E-state index in [9.17, 15) is 22.8 Å². The van der Waals surface area contributed by atoms with Gasteiger partial charge in [0.2, 0.25) is 0 Å². The highest BCUT2D eigenvalue weighted by molar-refractivity contribution is 5.68. The maximum absolute atomic E-state index is 12.8. The van der Waals surface area contributed by atoms with E-state index in [1.807, 2.05) is 0 Å². The van der Waals surface area contributed by atoms with Crippen LogP contribution in [0.3, 0.4) is 0 Å². The van der Waals surface area contributed by atoms with E-state index in [0.29, 0.717) is 6.07 Å². The van der Waals surface area contributed by atoms with Crippen molar-refractivity contribution in [3.8, 4) is 11.6 Å². The Bertz CT molecular complexity index is 748. The monoisotopic (exact) mass is 303 g/mol. The van der Waals surface area contributed by atoms with Crippen molar-refractivity contribution in [2.45, 2.75) is 13.1 Å². The average molecular weight is 303 g/mol. The van der Waals surface area contributed by atoms with Crippen LogP contribution in [0.5, 0.6) is 5.75 Å². The van der Waals surface area contributed by atoms with Crippen molar-refractivity contribution in [3.63, 3.8) is 0 Å². The highest BCUT2D eigenvalue weighted by Crippen LogP contribution is 2.31. The number of aryl methyl sites for hydroxylation is 1. The van der Waals surface area contributed by atoms with E-state index < -0.39 is 35.3 Å². The van der Waals surface area contributed by atoms with E-state index in [-0.39, 0.29) is 5.69 Å². The minimum Gasteiger partial charge on any atom is -0.416 e. The molecule has 0 aliphatic heterocycles. The molecule has 2 N–H and O–H groups in total. The number of amides is 1. The maximum Gasteiger partial charge on any atom is 0.433 e. The van der Waals surface area contributed by atoms with Crippen LogP contribution in [-0.2, 0) is 6.18 Å². The first-order chi connectivity index (χ1) is 9.68. The third-order valence-corrected chi connectivity index (χ3v) is 2.39. The fourth-order valence-electron chi connectivity index (χ4n) is 1.59. The lowest BCUT2D eigenvalue weighted by Crippen LogP contribution is -2.20. The van der Waals surface area contributed by atoms with Gasteiger partial charge in [-0.15, -0.1) is 0 Å². The largest absolute Gasteiger partial charge is 0.433 e. The van der Waals surface area contributed by atoms with Crippen molar-refractivity contribution in [2.75, 3.05) is 0 Å². The van der Waals surface area contributed by atoms with Crippen molar-refractivity contribution in [3.05, 3.63) is 40.3 Å². The Morgan fingerprint density at radius 1 is 1.43 bits per heavy atom. The van der Waals surface area contributed by atoms with Crippen LogP contribution in [-0.4, -0.2) is 15.6 Å². The summed E-state index contributed by atoms with van der Waals surface area (Å²) in [7, 11) is 0. The first-order valence-corrected chi connectivity index (χ1v) is 5.42. The first kappa shape index (κ1) is 14.6. The van der Waals surface area contributed by atoms with Crippen molar-refractivity contribution >= 4 is 6.09 Å². The zero-order valence-electron chi connectivity index (χ0n) is 10.5. The minimum absolute atomic E-state index is 0.219. The molecule has 0 aliphatic carbocycles. The second-order valence-corrected chi connectivity index (χ2v) is 3.94. The third-order valence-electron chi connectivity index (χ3n) is 2.39. The maximum atomic E-state index is 12.8. The summed E-state index contributed by atoms with van der Waals surface area (Å²) in [6.07, 6.45) is -5.04. The molecule has 7 nitrogen and oxygen atoms in total. The number of alkyl halides is 3. The van der Waals surface area contributed by atoms with Gasteiger partial charge in [-0.2, -0.15) is 13.2 Å². The number of primary amides is 1. The molecule has 21 heavy (non-hydrogen) atoms. The van der Waals surface area contributed by atoms with Gasteiger partial charge in [-0.3, -0.25) is 0 Å². The van der Waals surface area contributed by atoms with Gasteiger partial charge in [-0.1, -0.05) is 0 Å². The molecule has 0 radical (unpaired) electrons. The Hall–Kier alpha value is -2.78. The summed E-state index contributed by atoms with van der Waals surface area (Å²) in [5.41, 5.74) is 3.64. The van der Waals surface area contributed by atoms with Crippen LogP contribution in [0.1, 0.15) is 11.4 Å². The van der Waals surface area contributed by atoms with E-state index in [0.717, 1.165) is 16.9 Å². The smallest absolute Gasteiger partial charge is 0.416 e. The van der Waals surface area contributed by atoms with Crippen LogP contribution in [0.4, 0.5) is 18.0 Å². The Morgan fingerprint density at radius 3 is 2.57 bits per heavy atom. The Morgan fingerprint density at radius 2 is 2.10 bits per heavy atom. The second kappa shape index (κ2) is 4.96. The lowest BCUT2D eigenvalue weighted by atomic mass is 10.3. The summed E-state index contributed by atoms with van der Waals surface area (Å²) in [5.74, 6) is -1.83. The number of oxazole rings is 1. The fraction of sp³-hybridized carbons (Fsp3) is 0.182. The number of rotatable bonds is 2. The van der Waals surface area contributed by atoms with E-state index in [2.05, 4.69) is 14.1 Å². The van der Waals surface area contributed by atoms with E-state index in [1.165, 1.54) is 6.92 Å². The molecule has 0 bridgehead atoms. The quantitative estimate of drug-likeness (QED) is 0.908. The molecule has 0 unspecified atom stereocenters. The average Bonchev–Trinajstić information content (AvgIpc) is 2.66.